The number of ketones is 1. The topological polar surface area (TPSA) is 70.4 Å². The predicted molar refractivity (Wildman–Crippen MR) is 49.4 cm³/mol. The third kappa shape index (κ3) is 7.25. The second kappa shape index (κ2) is 7.04. The summed E-state index contributed by atoms with van der Waals surface area (Å²) in [5, 5.41) is 8.32. The van der Waals surface area contributed by atoms with Crippen molar-refractivity contribution >= 4 is 11.8 Å². The van der Waals surface area contributed by atoms with E-state index in [1.54, 1.807) is 11.9 Å². The van der Waals surface area contributed by atoms with Crippen LogP contribution in [-0.4, -0.2) is 43.4 Å². The van der Waals surface area contributed by atoms with Crippen LogP contribution in [0.4, 0.5) is 0 Å². The molecule has 0 atom stereocenters. The lowest BCUT2D eigenvalue weighted by molar-refractivity contribution is -0.145. The summed E-state index contributed by atoms with van der Waals surface area (Å²) in [4.78, 5) is 23.1. The molecule has 0 bridgehead atoms. The maximum Gasteiger partial charge on any atom is 0.313 e. The second-order valence-electron chi connectivity index (χ2n) is 3.00. The van der Waals surface area contributed by atoms with Crippen LogP contribution in [-0.2, 0) is 14.3 Å². The van der Waals surface area contributed by atoms with Crippen molar-refractivity contribution in [1.82, 2.24) is 4.90 Å². The molecule has 0 N–H and O–H groups in total. The van der Waals surface area contributed by atoms with Gasteiger partial charge in [0.25, 0.3) is 0 Å². The molecule has 0 aromatic carbocycles. The van der Waals surface area contributed by atoms with Crippen molar-refractivity contribution in [2.45, 2.75) is 13.3 Å². The van der Waals surface area contributed by atoms with E-state index >= 15 is 0 Å². The van der Waals surface area contributed by atoms with E-state index in [0.717, 1.165) is 0 Å². The minimum absolute atomic E-state index is 0.179. The van der Waals surface area contributed by atoms with Gasteiger partial charge < -0.3 is 4.74 Å². The number of nitrogens with zero attached hydrogens (tertiary/aromatic N) is 2. The van der Waals surface area contributed by atoms with Crippen molar-refractivity contribution in [1.29, 1.82) is 5.26 Å². The van der Waals surface area contributed by atoms with E-state index < -0.39 is 5.97 Å². The predicted octanol–water partition coefficient (Wildman–Crippen LogP) is -0.0359. The van der Waals surface area contributed by atoms with Gasteiger partial charge in [-0.3, -0.25) is 14.5 Å². The zero-order chi connectivity index (χ0) is 11.0. The fraction of sp³-hybridized carbons (Fsp3) is 0.667. The molecule has 14 heavy (non-hydrogen) atoms. The van der Waals surface area contributed by atoms with Crippen LogP contribution in [0.25, 0.3) is 0 Å². The molecule has 0 aliphatic heterocycles. The van der Waals surface area contributed by atoms with Crippen molar-refractivity contribution in [3.63, 3.8) is 0 Å². The highest BCUT2D eigenvalue weighted by atomic mass is 16.5. The molecule has 0 rings (SSSR count). The highest BCUT2D eigenvalue weighted by molar-refractivity contribution is 5.94. The summed E-state index contributed by atoms with van der Waals surface area (Å²) >= 11 is 0. The van der Waals surface area contributed by atoms with Gasteiger partial charge in [-0.05, 0) is 14.0 Å². The van der Waals surface area contributed by atoms with E-state index in [4.69, 9.17) is 10.00 Å². The standard InChI is InChI=1S/C9H14N2O3/c1-8(12)7-9(13)14-6-5-11(2)4-3-10/h4-7H2,1-2H3. The Morgan fingerprint density at radius 3 is 2.64 bits per heavy atom. The Balaban J connectivity index is 3.50. The fourth-order valence-corrected chi connectivity index (χ4v) is 0.769. The van der Waals surface area contributed by atoms with Crippen LogP contribution in [0.2, 0.25) is 0 Å². The van der Waals surface area contributed by atoms with Gasteiger partial charge in [-0.15, -0.1) is 0 Å². The Kier molecular flexibility index (Phi) is 6.33. The van der Waals surface area contributed by atoms with Crippen LogP contribution >= 0.6 is 0 Å². The van der Waals surface area contributed by atoms with Crippen LogP contribution in [0.5, 0.6) is 0 Å². The van der Waals surface area contributed by atoms with Crippen molar-refractivity contribution in [2.24, 2.45) is 0 Å². The molecule has 0 unspecified atom stereocenters. The molecule has 0 amide bonds. The number of Topliss-reactive ketones (excluding diaryl/α,β-unsaturated/α-hetero) is 1. The molecule has 78 valence electrons. The van der Waals surface area contributed by atoms with Crippen LogP contribution in [0.1, 0.15) is 13.3 Å². The van der Waals surface area contributed by atoms with Crippen molar-refractivity contribution < 1.29 is 14.3 Å². The summed E-state index contributed by atoms with van der Waals surface area (Å²) in [6.45, 7) is 2.34. The van der Waals surface area contributed by atoms with Gasteiger partial charge in [-0.1, -0.05) is 0 Å². The SMILES string of the molecule is CC(=O)CC(=O)OCCN(C)CC#N. The summed E-state index contributed by atoms with van der Waals surface area (Å²) in [6, 6.07) is 1.97. The number of hydrogen-bond donors (Lipinski definition) is 0. The van der Waals surface area contributed by atoms with Gasteiger partial charge in [0.05, 0.1) is 12.6 Å². The number of carbonyl (C=O) groups is 2. The molecule has 0 aromatic heterocycles. The zero-order valence-electron chi connectivity index (χ0n) is 8.45. The Labute approximate surface area is 83.2 Å². The molecule has 0 heterocycles. The number of likely N-dealkylation sites (N-methyl/N-ethyl adjacent to an activating group) is 1. The van der Waals surface area contributed by atoms with E-state index in [1.807, 2.05) is 6.07 Å². The Morgan fingerprint density at radius 2 is 2.14 bits per heavy atom. The molecule has 0 aliphatic carbocycles. The lowest BCUT2D eigenvalue weighted by Gasteiger charge is -2.11. The van der Waals surface area contributed by atoms with Gasteiger partial charge in [0.15, 0.2) is 0 Å². The van der Waals surface area contributed by atoms with Crippen molar-refractivity contribution in [3.05, 3.63) is 0 Å². The third-order valence-corrected chi connectivity index (χ3v) is 1.47. The second-order valence-corrected chi connectivity index (χ2v) is 3.00. The number of nitriles is 1. The first kappa shape index (κ1) is 12.6. The largest absolute Gasteiger partial charge is 0.464 e. The Hall–Kier alpha value is -1.41. The molecule has 5 nitrogen and oxygen atoms in total. The Morgan fingerprint density at radius 1 is 1.50 bits per heavy atom. The van der Waals surface area contributed by atoms with Crippen LogP contribution in [0, 0.1) is 11.3 Å². The summed E-state index contributed by atoms with van der Waals surface area (Å²) in [5.41, 5.74) is 0. The average Bonchev–Trinajstić information content (AvgIpc) is 2.02. The van der Waals surface area contributed by atoms with Crippen LogP contribution in [0.3, 0.4) is 0 Å². The van der Waals surface area contributed by atoms with Crippen molar-refractivity contribution in [2.75, 3.05) is 26.7 Å². The highest BCUT2D eigenvalue weighted by Crippen LogP contribution is 1.89. The first-order chi connectivity index (χ1) is 6.56. The molecular weight excluding hydrogens is 184 g/mol. The first-order valence-corrected chi connectivity index (χ1v) is 4.26. The summed E-state index contributed by atoms with van der Waals surface area (Å²) < 4.78 is 4.76. The minimum atomic E-state index is -0.511. The van der Waals surface area contributed by atoms with Gasteiger partial charge in [0, 0.05) is 6.54 Å². The zero-order valence-corrected chi connectivity index (χ0v) is 8.45. The Bertz CT molecular complexity index is 245. The normalized spacial score (nSPS) is 9.57. The van der Waals surface area contributed by atoms with Gasteiger partial charge in [0.2, 0.25) is 0 Å². The molecule has 0 saturated carbocycles. The number of rotatable bonds is 6. The fourth-order valence-electron chi connectivity index (χ4n) is 0.769. The van der Waals surface area contributed by atoms with Gasteiger partial charge in [0.1, 0.15) is 18.8 Å². The molecule has 0 aromatic rings. The van der Waals surface area contributed by atoms with Gasteiger partial charge in [-0.2, -0.15) is 5.26 Å². The van der Waals surface area contributed by atoms with Crippen LogP contribution in [0.15, 0.2) is 0 Å². The molecule has 0 saturated heterocycles. The van der Waals surface area contributed by atoms with E-state index in [1.165, 1.54) is 6.92 Å². The van der Waals surface area contributed by atoms with E-state index in [-0.39, 0.29) is 18.8 Å². The summed E-state index contributed by atoms with van der Waals surface area (Å²) in [7, 11) is 1.75. The third-order valence-electron chi connectivity index (χ3n) is 1.47. The molecule has 5 heteroatoms. The van der Waals surface area contributed by atoms with Gasteiger partial charge in [-0.25, -0.2) is 0 Å². The van der Waals surface area contributed by atoms with E-state index in [2.05, 4.69) is 0 Å². The number of hydrogen-bond acceptors (Lipinski definition) is 5. The van der Waals surface area contributed by atoms with Crippen molar-refractivity contribution in [3.8, 4) is 6.07 Å². The number of carbonyl (C=O) groups excluding carboxylic acids is 2. The number of esters is 1. The smallest absolute Gasteiger partial charge is 0.313 e. The monoisotopic (exact) mass is 198 g/mol. The molecule has 0 spiro atoms. The highest BCUT2D eigenvalue weighted by Gasteiger charge is 2.06. The number of ether oxygens (including phenoxy) is 1. The summed E-state index contributed by atoms with van der Waals surface area (Å²) in [5.74, 6) is -0.719. The molecule has 0 aliphatic rings. The maximum absolute atomic E-state index is 10.9. The van der Waals surface area contributed by atoms with Gasteiger partial charge >= 0.3 is 5.97 Å². The molecule has 0 fully saturated rings. The first-order valence-electron chi connectivity index (χ1n) is 4.26. The summed E-state index contributed by atoms with van der Waals surface area (Å²) in [6.07, 6.45) is -0.179. The minimum Gasteiger partial charge on any atom is -0.464 e. The van der Waals surface area contributed by atoms with Crippen LogP contribution < -0.4 is 0 Å². The lowest BCUT2D eigenvalue weighted by atomic mass is 10.3. The average molecular weight is 198 g/mol. The molecule has 0 radical (unpaired) electrons. The van der Waals surface area contributed by atoms with E-state index in [0.29, 0.717) is 13.1 Å². The maximum atomic E-state index is 10.9. The lowest BCUT2D eigenvalue weighted by Crippen LogP contribution is -2.25. The quantitative estimate of drug-likeness (QED) is 0.340. The molecular formula is C9H14N2O3. The van der Waals surface area contributed by atoms with E-state index in [9.17, 15) is 9.59 Å².